The van der Waals surface area contributed by atoms with Gasteiger partial charge in [-0.25, -0.2) is 9.97 Å². The van der Waals surface area contributed by atoms with E-state index in [1.807, 2.05) is 0 Å². The molecule has 24 heavy (non-hydrogen) atoms. The summed E-state index contributed by atoms with van der Waals surface area (Å²) in [4.78, 5) is 18.5. The van der Waals surface area contributed by atoms with Crippen LogP contribution in [0.4, 0.5) is 13.2 Å². The fraction of sp³-hybridized carbons (Fsp3) is 0.188. The van der Waals surface area contributed by atoms with Crippen LogP contribution in [0.1, 0.15) is 22.4 Å². The van der Waals surface area contributed by atoms with E-state index in [2.05, 4.69) is 21.8 Å². The molecule has 2 N–H and O–H groups in total. The van der Waals surface area contributed by atoms with Crippen LogP contribution in [0.25, 0.3) is 0 Å². The average molecular weight is 351 g/mol. The minimum Gasteiger partial charge on any atom is -0.369 e. The molecule has 1 aromatic carbocycles. The van der Waals surface area contributed by atoms with Gasteiger partial charge in [0, 0.05) is 11.8 Å². The highest BCUT2D eigenvalue weighted by atomic mass is 32.2. The number of benzene rings is 1. The van der Waals surface area contributed by atoms with Crippen molar-refractivity contribution in [1.29, 1.82) is 0 Å². The number of carbonyl (C=O) groups excluding carboxylic acids is 1. The fourth-order valence-corrected chi connectivity index (χ4v) is 2.22. The van der Waals surface area contributed by atoms with Crippen molar-refractivity contribution in [3.63, 3.8) is 0 Å². The van der Waals surface area contributed by atoms with Gasteiger partial charge in [0.25, 0.3) is 0 Å². The molecule has 0 saturated carbocycles. The van der Waals surface area contributed by atoms with Gasteiger partial charge in [0.05, 0.1) is 6.42 Å². The van der Waals surface area contributed by atoms with E-state index in [9.17, 15) is 18.0 Å². The third-order valence-electron chi connectivity index (χ3n) is 2.95. The van der Waals surface area contributed by atoms with Crippen LogP contribution < -0.4 is 5.73 Å². The van der Waals surface area contributed by atoms with Crippen molar-refractivity contribution in [2.75, 3.05) is 6.26 Å². The summed E-state index contributed by atoms with van der Waals surface area (Å²) in [7, 11) is 0. The molecule has 1 aromatic heterocycles. The molecule has 0 bridgehead atoms. The van der Waals surface area contributed by atoms with Gasteiger partial charge in [0.15, 0.2) is 5.16 Å². The van der Waals surface area contributed by atoms with Gasteiger partial charge in [0.2, 0.25) is 5.91 Å². The van der Waals surface area contributed by atoms with Crippen molar-refractivity contribution in [3.05, 3.63) is 52.8 Å². The first-order valence-electron chi connectivity index (χ1n) is 6.67. The lowest BCUT2D eigenvalue weighted by Crippen LogP contribution is -2.14. The molecule has 0 atom stereocenters. The van der Waals surface area contributed by atoms with E-state index in [1.165, 1.54) is 0 Å². The van der Waals surface area contributed by atoms with E-state index in [-0.39, 0.29) is 11.6 Å². The number of primary amides is 1. The molecule has 1 amide bonds. The van der Waals surface area contributed by atoms with Gasteiger partial charge in [-0.15, -0.1) is 0 Å². The molecule has 8 heteroatoms. The lowest BCUT2D eigenvalue weighted by Gasteiger charge is -2.08. The van der Waals surface area contributed by atoms with E-state index in [1.54, 1.807) is 30.5 Å². The maximum Gasteiger partial charge on any atom is 0.420 e. The predicted molar refractivity (Wildman–Crippen MR) is 84.1 cm³/mol. The van der Waals surface area contributed by atoms with Gasteiger partial charge in [-0.1, -0.05) is 35.9 Å². The van der Waals surface area contributed by atoms with E-state index < -0.39 is 23.3 Å². The molecule has 2 aromatic rings. The predicted octanol–water partition coefficient (Wildman–Crippen LogP) is 2.64. The van der Waals surface area contributed by atoms with Crippen LogP contribution in [-0.2, 0) is 17.4 Å². The Morgan fingerprint density at radius 1 is 1.29 bits per heavy atom. The number of aromatic nitrogens is 2. The van der Waals surface area contributed by atoms with Gasteiger partial charge >= 0.3 is 6.18 Å². The van der Waals surface area contributed by atoms with Gasteiger partial charge in [-0.05, 0) is 23.8 Å². The van der Waals surface area contributed by atoms with Crippen LogP contribution in [0, 0.1) is 11.8 Å². The molecular formula is C16H12F3N3OS. The van der Waals surface area contributed by atoms with Gasteiger partial charge in [-0.2, -0.15) is 13.2 Å². The lowest BCUT2D eigenvalue weighted by molar-refractivity contribution is -0.138. The Kier molecular flexibility index (Phi) is 5.46. The van der Waals surface area contributed by atoms with Crippen LogP contribution >= 0.6 is 11.8 Å². The van der Waals surface area contributed by atoms with E-state index >= 15 is 0 Å². The van der Waals surface area contributed by atoms with Crippen molar-refractivity contribution < 1.29 is 18.0 Å². The van der Waals surface area contributed by atoms with E-state index in [0.29, 0.717) is 11.1 Å². The fourth-order valence-electron chi connectivity index (χ4n) is 1.88. The quantitative estimate of drug-likeness (QED) is 0.524. The first-order chi connectivity index (χ1) is 11.3. The zero-order chi connectivity index (χ0) is 17.7. The largest absolute Gasteiger partial charge is 0.420 e. The number of nitrogens with two attached hydrogens (primary N) is 1. The SMILES string of the molecule is CSc1ncc(C(F)(F)F)c(C#Cc2ccccc2CC(N)=O)n1. The second-order valence-corrected chi connectivity index (χ2v) is 5.44. The smallest absolute Gasteiger partial charge is 0.369 e. The van der Waals surface area contributed by atoms with Gasteiger partial charge < -0.3 is 5.73 Å². The van der Waals surface area contributed by atoms with E-state index in [0.717, 1.165) is 18.0 Å². The third-order valence-corrected chi connectivity index (χ3v) is 3.51. The van der Waals surface area contributed by atoms with Crippen molar-refractivity contribution in [1.82, 2.24) is 9.97 Å². The van der Waals surface area contributed by atoms with Crippen molar-refractivity contribution in [2.45, 2.75) is 17.8 Å². The first-order valence-corrected chi connectivity index (χ1v) is 7.90. The Balaban J connectivity index is 2.50. The number of hydrogen-bond acceptors (Lipinski definition) is 4. The first kappa shape index (κ1) is 17.8. The van der Waals surface area contributed by atoms with Crippen LogP contribution in [-0.4, -0.2) is 22.1 Å². The Morgan fingerprint density at radius 2 is 2.00 bits per heavy atom. The van der Waals surface area contributed by atoms with Gasteiger partial charge in [0.1, 0.15) is 11.3 Å². The topological polar surface area (TPSA) is 68.9 Å². The van der Waals surface area contributed by atoms with Crippen LogP contribution in [0.15, 0.2) is 35.6 Å². The summed E-state index contributed by atoms with van der Waals surface area (Å²) in [5, 5.41) is 0.192. The number of thioether (sulfide) groups is 1. The standard InChI is InChI=1S/C16H12F3N3OS/c1-24-15-21-9-12(16(17,18)19)13(22-15)7-6-10-4-2-3-5-11(10)8-14(20)23/h2-5,9H,8H2,1H3,(H2,20,23). The number of halogens is 3. The van der Waals surface area contributed by atoms with Crippen LogP contribution in [0.3, 0.4) is 0 Å². The summed E-state index contributed by atoms with van der Waals surface area (Å²) in [5.74, 6) is 4.53. The molecule has 4 nitrogen and oxygen atoms in total. The molecular weight excluding hydrogens is 339 g/mol. The number of carbonyl (C=O) groups is 1. The Morgan fingerprint density at radius 3 is 2.62 bits per heavy atom. The normalized spacial score (nSPS) is 10.8. The average Bonchev–Trinajstić information content (AvgIpc) is 2.52. The van der Waals surface area contributed by atoms with E-state index in [4.69, 9.17) is 5.73 Å². The van der Waals surface area contributed by atoms with Crippen molar-refractivity contribution in [2.24, 2.45) is 5.73 Å². The number of nitrogens with zero attached hydrogens (tertiary/aromatic N) is 2. The molecule has 0 radical (unpaired) electrons. The summed E-state index contributed by atoms with van der Waals surface area (Å²) in [6, 6.07) is 6.62. The second-order valence-electron chi connectivity index (χ2n) is 4.67. The number of rotatable bonds is 3. The minimum atomic E-state index is -4.60. The molecule has 124 valence electrons. The molecule has 0 unspecified atom stereocenters. The Bertz CT molecular complexity index is 825. The lowest BCUT2D eigenvalue weighted by atomic mass is 10.0. The molecule has 0 aliphatic rings. The highest BCUT2D eigenvalue weighted by molar-refractivity contribution is 7.98. The minimum absolute atomic E-state index is 0.0448. The molecule has 0 aliphatic heterocycles. The monoisotopic (exact) mass is 351 g/mol. The summed E-state index contributed by atoms with van der Waals surface area (Å²) in [6.07, 6.45) is -2.27. The second kappa shape index (κ2) is 7.36. The number of alkyl halides is 3. The van der Waals surface area contributed by atoms with Crippen molar-refractivity contribution >= 4 is 17.7 Å². The van der Waals surface area contributed by atoms with Crippen molar-refractivity contribution in [3.8, 4) is 11.8 Å². The molecule has 0 aliphatic carbocycles. The highest BCUT2D eigenvalue weighted by Crippen LogP contribution is 2.31. The summed E-state index contributed by atoms with van der Waals surface area (Å²) < 4.78 is 39.1. The Hall–Kier alpha value is -2.53. The zero-order valence-electron chi connectivity index (χ0n) is 12.5. The molecule has 2 rings (SSSR count). The molecule has 0 spiro atoms. The summed E-state index contributed by atoms with van der Waals surface area (Å²) >= 11 is 1.12. The third kappa shape index (κ3) is 4.49. The maximum absolute atomic E-state index is 13.0. The Labute approximate surface area is 140 Å². The molecule has 0 saturated heterocycles. The van der Waals surface area contributed by atoms with Crippen LogP contribution in [0.5, 0.6) is 0 Å². The zero-order valence-corrected chi connectivity index (χ0v) is 13.3. The summed E-state index contributed by atoms with van der Waals surface area (Å²) in [5.41, 5.74) is 4.73. The van der Waals surface area contributed by atoms with Crippen LogP contribution in [0.2, 0.25) is 0 Å². The number of hydrogen-bond donors (Lipinski definition) is 1. The molecule has 1 heterocycles. The van der Waals surface area contributed by atoms with Gasteiger partial charge in [-0.3, -0.25) is 4.79 Å². The highest BCUT2D eigenvalue weighted by Gasteiger charge is 2.34. The summed E-state index contributed by atoms with van der Waals surface area (Å²) in [6.45, 7) is 0. The number of amides is 1. The maximum atomic E-state index is 13.0. The molecule has 0 fully saturated rings.